The topological polar surface area (TPSA) is 81.8 Å². The van der Waals surface area contributed by atoms with Gasteiger partial charge in [0.2, 0.25) is 0 Å². The van der Waals surface area contributed by atoms with Crippen LogP contribution in [-0.2, 0) is 11.2 Å². The first-order valence-electron chi connectivity index (χ1n) is 7.29. The van der Waals surface area contributed by atoms with E-state index in [2.05, 4.69) is 0 Å². The van der Waals surface area contributed by atoms with Crippen LogP contribution in [0.4, 0.5) is 0 Å². The zero-order valence-corrected chi connectivity index (χ0v) is 12.4. The van der Waals surface area contributed by atoms with Crippen LogP contribution in [0.2, 0.25) is 0 Å². The molecule has 114 valence electrons. The molecule has 0 spiro atoms. The summed E-state index contributed by atoms with van der Waals surface area (Å²) in [6.45, 7) is 4.09. The first-order valence-corrected chi connectivity index (χ1v) is 7.29. The smallest absolute Gasteiger partial charge is 0.323 e. The van der Waals surface area contributed by atoms with E-state index in [0.717, 1.165) is 17.7 Å². The van der Waals surface area contributed by atoms with Gasteiger partial charge in [0.15, 0.2) is 11.5 Å². The van der Waals surface area contributed by atoms with E-state index in [1.54, 1.807) is 0 Å². The summed E-state index contributed by atoms with van der Waals surface area (Å²) in [4.78, 5) is 11.2. The number of carbonyl (C=O) groups is 1. The Morgan fingerprint density at radius 2 is 2.24 bits per heavy atom. The van der Waals surface area contributed by atoms with E-state index in [-0.39, 0.29) is 11.7 Å². The summed E-state index contributed by atoms with van der Waals surface area (Å²) < 4.78 is 12.0. The molecule has 0 radical (unpaired) electrons. The molecule has 3 N–H and O–H groups in total. The molecule has 5 heteroatoms. The van der Waals surface area contributed by atoms with Gasteiger partial charge in [-0.1, -0.05) is 12.1 Å². The summed E-state index contributed by atoms with van der Waals surface area (Å²) in [5.74, 6) is 0.523. The number of para-hydroxylation sites is 1. The van der Waals surface area contributed by atoms with Crippen molar-refractivity contribution in [2.45, 2.75) is 56.8 Å². The molecule has 2 aliphatic rings. The highest BCUT2D eigenvalue weighted by Crippen LogP contribution is 2.43. The number of carboxylic acids is 1. The van der Waals surface area contributed by atoms with Crippen LogP contribution < -0.4 is 15.2 Å². The summed E-state index contributed by atoms with van der Waals surface area (Å²) >= 11 is 0. The summed E-state index contributed by atoms with van der Waals surface area (Å²) in [6.07, 6.45) is 2.09. The normalized spacial score (nSPS) is 29.8. The van der Waals surface area contributed by atoms with Gasteiger partial charge in [0.1, 0.15) is 17.2 Å². The summed E-state index contributed by atoms with van der Waals surface area (Å²) in [7, 11) is 0. The number of ether oxygens (including phenoxy) is 2. The van der Waals surface area contributed by atoms with Crippen LogP contribution >= 0.6 is 0 Å². The molecule has 0 saturated heterocycles. The minimum absolute atomic E-state index is 0.176. The summed E-state index contributed by atoms with van der Waals surface area (Å²) in [5, 5.41) is 9.17. The Balaban J connectivity index is 1.77. The fourth-order valence-electron chi connectivity index (χ4n) is 3.18. The maximum atomic E-state index is 11.2. The maximum Gasteiger partial charge on any atom is 0.323 e. The molecule has 0 bridgehead atoms. The number of aliphatic carboxylic acids is 1. The number of carboxylic acid groups (broad SMARTS) is 1. The highest BCUT2D eigenvalue weighted by atomic mass is 16.5. The van der Waals surface area contributed by atoms with Gasteiger partial charge in [-0.05, 0) is 32.8 Å². The van der Waals surface area contributed by atoms with E-state index >= 15 is 0 Å². The third kappa shape index (κ3) is 2.58. The van der Waals surface area contributed by atoms with Crippen molar-refractivity contribution in [3.8, 4) is 11.5 Å². The van der Waals surface area contributed by atoms with E-state index in [0.29, 0.717) is 25.0 Å². The van der Waals surface area contributed by atoms with E-state index < -0.39 is 11.5 Å². The molecule has 1 aromatic rings. The minimum Gasteiger partial charge on any atom is -0.486 e. The molecule has 2 atom stereocenters. The third-order valence-corrected chi connectivity index (χ3v) is 4.28. The van der Waals surface area contributed by atoms with E-state index in [1.165, 1.54) is 0 Å². The lowest BCUT2D eigenvalue weighted by molar-refractivity contribution is -0.143. The Labute approximate surface area is 124 Å². The Morgan fingerprint density at radius 3 is 2.90 bits per heavy atom. The lowest BCUT2D eigenvalue weighted by Gasteiger charge is -2.21. The second-order valence-corrected chi connectivity index (χ2v) is 6.73. The van der Waals surface area contributed by atoms with Gasteiger partial charge >= 0.3 is 5.97 Å². The fraction of sp³-hybridized carbons (Fsp3) is 0.562. The Bertz CT molecular complexity index is 584. The molecule has 0 amide bonds. The van der Waals surface area contributed by atoms with Gasteiger partial charge in [0.05, 0.1) is 0 Å². The second kappa shape index (κ2) is 4.63. The van der Waals surface area contributed by atoms with Gasteiger partial charge in [-0.3, -0.25) is 4.79 Å². The van der Waals surface area contributed by atoms with Crippen LogP contribution in [0.15, 0.2) is 18.2 Å². The Hall–Kier alpha value is -1.75. The first kappa shape index (κ1) is 14.2. The van der Waals surface area contributed by atoms with Gasteiger partial charge in [-0.25, -0.2) is 0 Å². The van der Waals surface area contributed by atoms with Crippen LogP contribution in [0.25, 0.3) is 0 Å². The van der Waals surface area contributed by atoms with Crippen LogP contribution in [0.5, 0.6) is 11.5 Å². The molecule has 2 unspecified atom stereocenters. The lowest BCUT2D eigenvalue weighted by Crippen LogP contribution is -2.46. The molecule has 1 fully saturated rings. The highest BCUT2D eigenvalue weighted by molar-refractivity contribution is 5.79. The Morgan fingerprint density at radius 1 is 1.48 bits per heavy atom. The number of nitrogens with two attached hydrogens (primary N) is 1. The minimum atomic E-state index is -1.16. The van der Waals surface area contributed by atoms with Crippen LogP contribution in [-0.4, -0.2) is 28.3 Å². The number of fused-ring (bicyclic) bond motifs is 1. The molecule has 3 rings (SSSR count). The zero-order chi connectivity index (χ0) is 15.3. The molecule has 0 aromatic heterocycles. The van der Waals surface area contributed by atoms with Gasteiger partial charge in [-0.2, -0.15) is 0 Å². The van der Waals surface area contributed by atoms with Crippen LogP contribution in [0.3, 0.4) is 0 Å². The molecule has 1 aromatic carbocycles. The first-order chi connectivity index (χ1) is 9.79. The van der Waals surface area contributed by atoms with Gasteiger partial charge < -0.3 is 20.3 Å². The van der Waals surface area contributed by atoms with Crippen molar-refractivity contribution in [2.24, 2.45) is 5.73 Å². The van der Waals surface area contributed by atoms with Crippen molar-refractivity contribution in [2.75, 3.05) is 0 Å². The van der Waals surface area contributed by atoms with Crippen molar-refractivity contribution in [3.63, 3.8) is 0 Å². The summed E-state index contributed by atoms with van der Waals surface area (Å²) in [5.41, 5.74) is 5.63. The van der Waals surface area contributed by atoms with Crippen molar-refractivity contribution in [3.05, 3.63) is 23.8 Å². The zero-order valence-electron chi connectivity index (χ0n) is 12.4. The van der Waals surface area contributed by atoms with Crippen LogP contribution in [0.1, 0.15) is 38.7 Å². The van der Waals surface area contributed by atoms with E-state index in [1.807, 2.05) is 32.0 Å². The van der Waals surface area contributed by atoms with Crippen molar-refractivity contribution in [1.29, 1.82) is 0 Å². The molecular formula is C16H21NO4. The average Bonchev–Trinajstić information content (AvgIpc) is 2.90. The average molecular weight is 291 g/mol. The number of hydrogen-bond donors (Lipinski definition) is 2. The fourth-order valence-corrected chi connectivity index (χ4v) is 3.18. The lowest BCUT2D eigenvalue weighted by atomic mass is 10.00. The van der Waals surface area contributed by atoms with Gasteiger partial charge in [-0.15, -0.1) is 0 Å². The monoisotopic (exact) mass is 291 g/mol. The molecule has 5 nitrogen and oxygen atoms in total. The summed E-state index contributed by atoms with van der Waals surface area (Å²) in [6, 6.07) is 5.86. The molecule has 1 saturated carbocycles. The van der Waals surface area contributed by atoms with Crippen molar-refractivity contribution in [1.82, 2.24) is 0 Å². The SMILES string of the molecule is CC1(C)Cc2cccc(OC3CCC(N)(C(=O)O)C3)c2O1. The van der Waals surface area contributed by atoms with Gasteiger partial charge in [0, 0.05) is 18.4 Å². The standard InChI is InChI=1S/C16H21NO4/c1-15(2)8-10-4-3-5-12(13(10)21-15)20-11-6-7-16(17,9-11)14(18)19/h3-5,11H,6-9,17H2,1-2H3,(H,18,19). The number of benzene rings is 1. The molecule has 21 heavy (non-hydrogen) atoms. The molecule has 1 aliphatic heterocycles. The van der Waals surface area contributed by atoms with E-state index in [4.69, 9.17) is 15.2 Å². The predicted octanol–water partition coefficient (Wildman–Crippen LogP) is 2.11. The number of hydrogen-bond acceptors (Lipinski definition) is 4. The van der Waals surface area contributed by atoms with Crippen molar-refractivity contribution < 1.29 is 19.4 Å². The van der Waals surface area contributed by atoms with Crippen molar-refractivity contribution >= 4 is 5.97 Å². The third-order valence-electron chi connectivity index (χ3n) is 4.28. The number of rotatable bonds is 3. The predicted molar refractivity (Wildman–Crippen MR) is 77.7 cm³/mol. The molecule has 1 aliphatic carbocycles. The quantitative estimate of drug-likeness (QED) is 0.891. The Kier molecular flexibility index (Phi) is 3.13. The molecule has 1 heterocycles. The highest BCUT2D eigenvalue weighted by Gasteiger charge is 2.43. The maximum absolute atomic E-state index is 11.2. The van der Waals surface area contributed by atoms with E-state index in [9.17, 15) is 9.90 Å². The van der Waals surface area contributed by atoms with Gasteiger partial charge in [0.25, 0.3) is 0 Å². The molecular weight excluding hydrogens is 270 g/mol. The second-order valence-electron chi connectivity index (χ2n) is 6.73. The van der Waals surface area contributed by atoms with Crippen LogP contribution in [0, 0.1) is 0 Å². The largest absolute Gasteiger partial charge is 0.486 e.